The smallest absolute Gasteiger partial charge is 0.0989 e. The normalized spacial score (nSPS) is 30.7. The quantitative estimate of drug-likeness (QED) is 0.572. The molecular weight excluding hydrogens is 196 g/mol. The van der Waals surface area contributed by atoms with Crippen LogP contribution in [0.15, 0.2) is 0 Å². The standard InChI is InChI=1S/C14H26N2/c1-2-5-12-6-8-13(9-7-12)14(15)16-10-3-4-11-16/h12-13,15H,2-11H2,1H3. The maximum absolute atomic E-state index is 8.27. The molecule has 0 unspecified atom stereocenters. The SMILES string of the molecule is CCCC1CCC(C(=N)N2CCCC2)CC1. The highest BCUT2D eigenvalue weighted by atomic mass is 15.2. The molecule has 1 aliphatic heterocycles. The van der Waals surface area contributed by atoms with Crippen molar-refractivity contribution in [3.05, 3.63) is 0 Å². The van der Waals surface area contributed by atoms with Gasteiger partial charge in [0.15, 0.2) is 0 Å². The average molecular weight is 222 g/mol. The fourth-order valence-corrected chi connectivity index (χ4v) is 3.35. The molecule has 0 atom stereocenters. The predicted molar refractivity (Wildman–Crippen MR) is 68.9 cm³/mol. The average Bonchev–Trinajstić information content (AvgIpc) is 2.83. The first-order chi connectivity index (χ1) is 7.81. The molecule has 1 saturated heterocycles. The van der Waals surface area contributed by atoms with Crippen LogP contribution in [0.2, 0.25) is 0 Å². The number of hydrogen-bond donors (Lipinski definition) is 1. The first kappa shape index (κ1) is 11.9. The van der Waals surface area contributed by atoms with Crippen molar-refractivity contribution in [2.45, 2.75) is 58.3 Å². The lowest BCUT2D eigenvalue weighted by molar-refractivity contribution is 0.289. The van der Waals surface area contributed by atoms with E-state index in [4.69, 9.17) is 5.41 Å². The summed E-state index contributed by atoms with van der Waals surface area (Å²) < 4.78 is 0. The van der Waals surface area contributed by atoms with Gasteiger partial charge in [-0.1, -0.05) is 19.8 Å². The number of nitrogens with one attached hydrogen (secondary N) is 1. The van der Waals surface area contributed by atoms with E-state index in [1.165, 1.54) is 51.4 Å². The van der Waals surface area contributed by atoms with Crippen LogP contribution >= 0.6 is 0 Å². The number of likely N-dealkylation sites (tertiary alicyclic amines) is 1. The fourth-order valence-electron chi connectivity index (χ4n) is 3.35. The lowest BCUT2D eigenvalue weighted by Crippen LogP contribution is -2.35. The molecule has 2 nitrogen and oxygen atoms in total. The zero-order valence-corrected chi connectivity index (χ0v) is 10.7. The summed E-state index contributed by atoms with van der Waals surface area (Å²) in [6, 6.07) is 0. The van der Waals surface area contributed by atoms with Gasteiger partial charge in [0.2, 0.25) is 0 Å². The summed E-state index contributed by atoms with van der Waals surface area (Å²) in [5.41, 5.74) is 0. The summed E-state index contributed by atoms with van der Waals surface area (Å²) in [5, 5.41) is 8.27. The molecule has 0 amide bonds. The molecule has 0 aromatic carbocycles. The van der Waals surface area contributed by atoms with Gasteiger partial charge >= 0.3 is 0 Å². The summed E-state index contributed by atoms with van der Waals surface area (Å²) in [4.78, 5) is 2.32. The highest BCUT2D eigenvalue weighted by Crippen LogP contribution is 2.33. The Morgan fingerprint density at radius 3 is 2.31 bits per heavy atom. The van der Waals surface area contributed by atoms with Gasteiger partial charge in [-0.15, -0.1) is 0 Å². The zero-order chi connectivity index (χ0) is 11.4. The van der Waals surface area contributed by atoms with E-state index in [-0.39, 0.29) is 0 Å². The lowest BCUT2D eigenvalue weighted by atomic mass is 9.79. The molecule has 0 bridgehead atoms. The van der Waals surface area contributed by atoms with E-state index in [1.54, 1.807) is 0 Å². The molecular formula is C14H26N2. The molecule has 2 heteroatoms. The van der Waals surface area contributed by atoms with Crippen molar-refractivity contribution in [2.24, 2.45) is 11.8 Å². The minimum Gasteiger partial charge on any atom is -0.360 e. The highest BCUT2D eigenvalue weighted by molar-refractivity contribution is 5.81. The van der Waals surface area contributed by atoms with Gasteiger partial charge in [-0.3, -0.25) is 5.41 Å². The summed E-state index contributed by atoms with van der Waals surface area (Å²) in [7, 11) is 0. The van der Waals surface area contributed by atoms with Crippen LogP contribution in [0.5, 0.6) is 0 Å². The summed E-state index contributed by atoms with van der Waals surface area (Å²) in [6.07, 6.45) is 10.6. The molecule has 1 N–H and O–H groups in total. The second kappa shape index (κ2) is 5.70. The van der Waals surface area contributed by atoms with E-state index in [0.29, 0.717) is 5.92 Å². The Kier molecular flexibility index (Phi) is 4.25. The number of hydrogen-bond acceptors (Lipinski definition) is 1. The van der Waals surface area contributed by atoms with E-state index in [0.717, 1.165) is 24.8 Å². The topological polar surface area (TPSA) is 27.1 Å². The first-order valence-corrected chi connectivity index (χ1v) is 7.14. The van der Waals surface area contributed by atoms with Crippen LogP contribution in [-0.4, -0.2) is 23.8 Å². The molecule has 16 heavy (non-hydrogen) atoms. The monoisotopic (exact) mass is 222 g/mol. The van der Waals surface area contributed by atoms with Crippen LogP contribution in [0.4, 0.5) is 0 Å². The number of nitrogens with zero attached hydrogens (tertiary/aromatic N) is 1. The first-order valence-electron chi connectivity index (χ1n) is 7.14. The van der Waals surface area contributed by atoms with E-state index >= 15 is 0 Å². The van der Waals surface area contributed by atoms with Crippen LogP contribution in [0, 0.1) is 17.2 Å². The Hall–Kier alpha value is -0.530. The molecule has 1 aliphatic carbocycles. The van der Waals surface area contributed by atoms with Crippen LogP contribution in [-0.2, 0) is 0 Å². The predicted octanol–water partition coefficient (Wildman–Crippen LogP) is 3.67. The van der Waals surface area contributed by atoms with E-state index in [9.17, 15) is 0 Å². The van der Waals surface area contributed by atoms with Gasteiger partial charge in [0.1, 0.15) is 0 Å². The van der Waals surface area contributed by atoms with E-state index in [1.807, 2.05) is 0 Å². The number of rotatable bonds is 3. The van der Waals surface area contributed by atoms with E-state index in [2.05, 4.69) is 11.8 Å². The van der Waals surface area contributed by atoms with Crippen molar-refractivity contribution in [1.29, 1.82) is 5.41 Å². The Morgan fingerprint density at radius 2 is 1.75 bits per heavy atom. The largest absolute Gasteiger partial charge is 0.360 e. The van der Waals surface area contributed by atoms with Gasteiger partial charge in [0.25, 0.3) is 0 Å². The third-order valence-electron chi connectivity index (χ3n) is 4.38. The van der Waals surface area contributed by atoms with Gasteiger partial charge < -0.3 is 4.90 Å². The molecule has 2 fully saturated rings. The van der Waals surface area contributed by atoms with Crippen LogP contribution in [0.1, 0.15) is 58.3 Å². The molecule has 1 saturated carbocycles. The van der Waals surface area contributed by atoms with Gasteiger partial charge in [-0.2, -0.15) is 0 Å². The Labute approximate surface area is 99.9 Å². The van der Waals surface area contributed by atoms with Crippen LogP contribution in [0.3, 0.4) is 0 Å². The maximum atomic E-state index is 8.27. The third kappa shape index (κ3) is 2.78. The lowest BCUT2D eigenvalue weighted by Gasteiger charge is -2.32. The van der Waals surface area contributed by atoms with Crippen LogP contribution < -0.4 is 0 Å². The molecule has 0 spiro atoms. The van der Waals surface area contributed by atoms with Crippen molar-refractivity contribution >= 4 is 5.84 Å². The van der Waals surface area contributed by atoms with Gasteiger partial charge in [-0.05, 0) is 44.4 Å². The van der Waals surface area contributed by atoms with Crippen LogP contribution in [0.25, 0.3) is 0 Å². The minimum atomic E-state index is 0.589. The van der Waals surface area contributed by atoms with Crippen molar-refractivity contribution in [3.8, 4) is 0 Å². The maximum Gasteiger partial charge on any atom is 0.0989 e. The van der Waals surface area contributed by atoms with Crippen molar-refractivity contribution in [2.75, 3.05) is 13.1 Å². The second-order valence-corrected chi connectivity index (χ2v) is 5.59. The molecule has 0 aromatic heterocycles. The molecule has 0 radical (unpaired) electrons. The van der Waals surface area contributed by atoms with Crippen molar-refractivity contribution in [1.82, 2.24) is 4.90 Å². The molecule has 2 rings (SSSR count). The van der Waals surface area contributed by atoms with Gasteiger partial charge in [0, 0.05) is 19.0 Å². The van der Waals surface area contributed by atoms with Gasteiger partial charge in [0.05, 0.1) is 5.84 Å². The second-order valence-electron chi connectivity index (χ2n) is 5.59. The Balaban J connectivity index is 1.77. The summed E-state index contributed by atoms with van der Waals surface area (Å²) in [5.74, 6) is 2.52. The Bertz CT molecular complexity index is 223. The third-order valence-corrected chi connectivity index (χ3v) is 4.38. The molecule has 2 aliphatic rings. The Morgan fingerprint density at radius 1 is 1.12 bits per heavy atom. The van der Waals surface area contributed by atoms with E-state index < -0.39 is 0 Å². The minimum absolute atomic E-state index is 0.589. The van der Waals surface area contributed by atoms with Gasteiger partial charge in [-0.25, -0.2) is 0 Å². The van der Waals surface area contributed by atoms with Crippen molar-refractivity contribution < 1.29 is 0 Å². The summed E-state index contributed by atoms with van der Waals surface area (Å²) in [6.45, 7) is 4.58. The highest BCUT2D eigenvalue weighted by Gasteiger charge is 2.27. The van der Waals surface area contributed by atoms with Crippen molar-refractivity contribution in [3.63, 3.8) is 0 Å². The molecule has 1 heterocycles. The zero-order valence-electron chi connectivity index (χ0n) is 10.7. The summed E-state index contributed by atoms with van der Waals surface area (Å²) >= 11 is 0. The number of amidine groups is 1. The fraction of sp³-hybridized carbons (Fsp3) is 0.929. The molecule has 92 valence electrons. The molecule has 0 aromatic rings.